The third-order valence-corrected chi connectivity index (χ3v) is 5.21. The maximum absolute atomic E-state index is 12.7. The number of amides is 1. The molecule has 4 rings (SSSR count). The van der Waals surface area contributed by atoms with Crippen LogP contribution in [0.4, 0.5) is 5.82 Å². The molecule has 7 heteroatoms. The lowest BCUT2D eigenvalue weighted by Crippen LogP contribution is -2.46. The Bertz CT molecular complexity index is 1010. The van der Waals surface area contributed by atoms with E-state index in [2.05, 4.69) is 25.9 Å². The second-order valence-electron chi connectivity index (χ2n) is 6.76. The monoisotopic (exact) mass is 360 g/mol. The van der Waals surface area contributed by atoms with Crippen LogP contribution in [0.3, 0.4) is 0 Å². The second-order valence-corrected chi connectivity index (χ2v) is 6.76. The molecule has 0 spiro atoms. The number of H-pyrrole nitrogens is 1. The van der Waals surface area contributed by atoms with Crippen LogP contribution in [0.15, 0.2) is 42.9 Å². The van der Waals surface area contributed by atoms with Crippen LogP contribution < -0.4 is 4.90 Å². The summed E-state index contributed by atoms with van der Waals surface area (Å²) in [6.07, 6.45) is 5.19. The molecule has 7 nitrogen and oxygen atoms in total. The van der Waals surface area contributed by atoms with Crippen LogP contribution in [0.5, 0.6) is 0 Å². The fraction of sp³-hybridized carbons (Fsp3) is 0.300. The van der Waals surface area contributed by atoms with Gasteiger partial charge in [-0.15, -0.1) is 0 Å². The van der Waals surface area contributed by atoms with Gasteiger partial charge in [0.15, 0.2) is 0 Å². The van der Waals surface area contributed by atoms with Crippen molar-refractivity contribution >= 4 is 22.8 Å². The minimum absolute atomic E-state index is 0.0109. The van der Waals surface area contributed by atoms with E-state index in [-0.39, 0.29) is 5.91 Å². The number of benzene rings is 1. The summed E-state index contributed by atoms with van der Waals surface area (Å²) in [5.41, 5.74) is 1.91. The van der Waals surface area contributed by atoms with Gasteiger partial charge in [0, 0.05) is 37.9 Å². The maximum Gasteiger partial charge on any atom is 0.253 e. The topological polar surface area (TPSA) is 88.9 Å². The molecule has 0 radical (unpaired) electrons. The first-order chi connectivity index (χ1) is 13.2. The predicted octanol–water partition coefficient (Wildman–Crippen LogP) is 2.57. The molecule has 3 heterocycles. The summed E-state index contributed by atoms with van der Waals surface area (Å²) in [6.45, 7) is 1.37. The molecular weight excluding hydrogens is 340 g/mol. The Kier molecular flexibility index (Phi) is 4.47. The van der Waals surface area contributed by atoms with E-state index in [9.17, 15) is 4.79 Å². The van der Waals surface area contributed by atoms with Crippen molar-refractivity contribution in [2.75, 3.05) is 25.0 Å². The molecule has 1 aliphatic rings. The van der Waals surface area contributed by atoms with Gasteiger partial charge in [-0.05, 0) is 37.1 Å². The van der Waals surface area contributed by atoms with Gasteiger partial charge in [-0.1, -0.05) is 6.07 Å². The Balaban J connectivity index is 1.45. The van der Waals surface area contributed by atoms with Gasteiger partial charge in [0.1, 0.15) is 17.8 Å². The highest BCUT2D eigenvalue weighted by Gasteiger charge is 2.27. The number of nitriles is 1. The molecule has 3 aromatic rings. The molecule has 1 amide bonds. The van der Waals surface area contributed by atoms with Crippen molar-refractivity contribution in [3.8, 4) is 6.07 Å². The van der Waals surface area contributed by atoms with E-state index < -0.39 is 0 Å². The van der Waals surface area contributed by atoms with E-state index >= 15 is 0 Å². The Morgan fingerprint density at radius 1 is 1.30 bits per heavy atom. The molecular formula is C20H20N6O. The number of aromatic nitrogens is 3. The van der Waals surface area contributed by atoms with Crippen LogP contribution in [0.25, 0.3) is 11.0 Å². The molecule has 1 N–H and O–H groups in total. The Morgan fingerprint density at radius 2 is 2.11 bits per heavy atom. The lowest BCUT2D eigenvalue weighted by molar-refractivity contribution is 0.0713. The zero-order valence-electron chi connectivity index (χ0n) is 15.1. The molecule has 0 atom stereocenters. The minimum Gasteiger partial charge on any atom is -0.356 e. The zero-order chi connectivity index (χ0) is 18.8. The van der Waals surface area contributed by atoms with E-state index in [1.165, 1.54) is 0 Å². The van der Waals surface area contributed by atoms with Gasteiger partial charge in [0.2, 0.25) is 0 Å². The summed E-state index contributed by atoms with van der Waals surface area (Å²) in [6, 6.07) is 11.3. The number of hydrogen-bond acceptors (Lipinski definition) is 5. The lowest BCUT2D eigenvalue weighted by Gasteiger charge is -2.37. The smallest absolute Gasteiger partial charge is 0.253 e. The molecule has 1 saturated heterocycles. The van der Waals surface area contributed by atoms with Crippen LogP contribution in [0, 0.1) is 11.3 Å². The number of nitrogens with zero attached hydrogens (tertiary/aromatic N) is 5. The SMILES string of the molecule is CN(c1ncnc2[nH]ccc12)C1CCN(C(=O)c2cccc(C#N)c2)CC1. The molecule has 0 aliphatic carbocycles. The zero-order valence-corrected chi connectivity index (χ0v) is 15.1. The van der Waals surface area contributed by atoms with E-state index in [0.717, 1.165) is 29.7 Å². The quantitative estimate of drug-likeness (QED) is 0.775. The number of carbonyl (C=O) groups is 1. The number of anilines is 1. The highest BCUT2D eigenvalue weighted by molar-refractivity contribution is 5.94. The van der Waals surface area contributed by atoms with Gasteiger partial charge >= 0.3 is 0 Å². The fourth-order valence-corrected chi connectivity index (χ4v) is 3.67. The fourth-order valence-electron chi connectivity index (χ4n) is 3.67. The highest BCUT2D eigenvalue weighted by atomic mass is 16.2. The molecule has 136 valence electrons. The van der Waals surface area contributed by atoms with Gasteiger partial charge in [-0.25, -0.2) is 9.97 Å². The predicted molar refractivity (Wildman–Crippen MR) is 102 cm³/mol. The van der Waals surface area contributed by atoms with Crippen LogP contribution in [0.2, 0.25) is 0 Å². The Labute approximate surface area is 157 Å². The number of rotatable bonds is 3. The average Bonchev–Trinajstić information content (AvgIpc) is 3.22. The van der Waals surface area contributed by atoms with Crippen molar-refractivity contribution in [3.05, 3.63) is 54.0 Å². The molecule has 1 aliphatic heterocycles. The summed E-state index contributed by atoms with van der Waals surface area (Å²) in [5.74, 6) is 0.899. The van der Waals surface area contributed by atoms with Crippen LogP contribution in [0.1, 0.15) is 28.8 Å². The number of piperidine rings is 1. The lowest BCUT2D eigenvalue weighted by atomic mass is 10.0. The normalized spacial score (nSPS) is 14.9. The molecule has 1 aromatic carbocycles. The Hall–Kier alpha value is -3.40. The summed E-state index contributed by atoms with van der Waals surface area (Å²) >= 11 is 0. The van der Waals surface area contributed by atoms with Crippen LogP contribution >= 0.6 is 0 Å². The van der Waals surface area contributed by atoms with Gasteiger partial charge < -0.3 is 14.8 Å². The van der Waals surface area contributed by atoms with Gasteiger partial charge in [0.25, 0.3) is 5.91 Å². The van der Waals surface area contributed by atoms with Crippen molar-refractivity contribution in [2.24, 2.45) is 0 Å². The third kappa shape index (κ3) is 3.22. The van der Waals surface area contributed by atoms with Crippen LogP contribution in [-0.2, 0) is 0 Å². The van der Waals surface area contributed by atoms with Crippen molar-refractivity contribution in [1.29, 1.82) is 5.26 Å². The summed E-state index contributed by atoms with van der Waals surface area (Å²) in [7, 11) is 2.05. The third-order valence-electron chi connectivity index (χ3n) is 5.21. The first kappa shape index (κ1) is 17.0. The number of fused-ring (bicyclic) bond motifs is 1. The highest BCUT2D eigenvalue weighted by Crippen LogP contribution is 2.26. The van der Waals surface area contributed by atoms with Crippen molar-refractivity contribution in [3.63, 3.8) is 0 Å². The number of aromatic amines is 1. The Morgan fingerprint density at radius 3 is 2.89 bits per heavy atom. The molecule has 27 heavy (non-hydrogen) atoms. The summed E-state index contributed by atoms with van der Waals surface area (Å²) < 4.78 is 0. The summed E-state index contributed by atoms with van der Waals surface area (Å²) in [5, 5.41) is 10.0. The number of carbonyl (C=O) groups excluding carboxylic acids is 1. The van der Waals surface area contributed by atoms with Crippen molar-refractivity contribution < 1.29 is 4.79 Å². The molecule has 0 unspecified atom stereocenters. The van der Waals surface area contributed by atoms with E-state index in [4.69, 9.17) is 5.26 Å². The van der Waals surface area contributed by atoms with Crippen LogP contribution in [-0.4, -0.2) is 51.9 Å². The molecule has 0 bridgehead atoms. The van der Waals surface area contributed by atoms with Crippen molar-refractivity contribution in [1.82, 2.24) is 19.9 Å². The first-order valence-corrected chi connectivity index (χ1v) is 8.97. The average molecular weight is 360 g/mol. The van der Waals surface area contributed by atoms with Gasteiger partial charge in [0.05, 0.1) is 17.0 Å². The number of hydrogen-bond donors (Lipinski definition) is 1. The standard InChI is InChI=1S/C20H20N6O/c1-25(19-17-5-8-22-18(17)23-13-24-19)16-6-9-26(10-7-16)20(27)15-4-2-3-14(11-15)12-21/h2-5,8,11,13,16H,6-7,9-10H2,1H3,(H,22,23,24). The first-order valence-electron chi connectivity index (χ1n) is 8.97. The summed E-state index contributed by atoms with van der Waals surface area (Å²) in [4.78, 5) is 28.6. The minimum atomic E-state index is -0.0109. The number of nitrogens with one attached hydrogen (secondary N) is 1. The van der Waals surface area contributed by atoms with E-state index in [0.29, 0.717) is 30.3 Å². The molecule has 0 saturated carbocycles. The molecule has 2 aromatic heterocycles. The van der Waals surface area contributed by atoms with E-state index in [1.807, 2.05) is 24.2 Å². The van der Waals surface area contributed by atoms with Gasteiger partial charge in [-0.2, -0.15) is 5.26 Å². The van der Waals surface area contributed by atoms with Gasteiger partial charge in [-0.3, -0.25) is 4.79 Å². The molecule has 1 fully saturated rings. The maximum atomic E-state index is 12.7. The van der Waals surface area contributed by atoms with E-state index in [1.54, 1.807) is 30.6 Å². The second kappa shape index (κ2) is 7.08. The van der Waals surface area contributed by atoms with Crippen molar-refractivity contribution in [2.45, 2.75) is 18.9 Å². The largest absolute Gasteiger partial charge is 0.356 e. The number of likely N-dealkylation sites (tertiary alicyclic amines) is 1.